The molecule has 0 aliphatic heterocycles. The predicted molar refractivity (Wildman–Crippen MR) is 105 cm³/mol. The van der Waals surface area contributed by atoms with Gasteiger partial charge in [0.05, 0.1) is 11.9 Å². The van der Waals surface area contributed by atoms with E-state index in [1.54, 1.807) is 4.52 Å². The Bertz CT molecular complexity index is 1280. The highest BCUT2D eigenvalue weighted by Gasteiger charge is 2.15. The zero-order chi connectivity index (χ0) is 19.2. The number of aryl methyl sites for hydroxylation is 2. The van der Waals surface area contributed by atoms with Crippen LogP contribution >= 0.6 is 0 Å². The Morgan fingerprint density at radius 3 is 2.52 bits per heavy atom. The molecule has 0 spiro atoms. The lowest BCUT2D eigenvalue weighted by atomic mass is 10.0. The minimum atomic E-state index is -3.27. The van der Waals surface area contributed by atoms with Gasteiger partial charge in [0.1, 0.15) is 0 Å². The quantitative estimate of drug-likeness (QED) is 0.587. The molecule has 2 aromatic carbocycles. The van der Waals surface area contributed by atoms with Crippen LogP contribution in [0.2, 0.25) is 0 Å². The number of benzene rings is 2. The second-order valence-corrected chi connectivity index (χ2v) is 8.46. The van der Waals surface area contributed by atoms with Crippen molar-refractivity contribution in [2.45, 2.75) is 20.4 Å². The molecule has 4 aromatic rings. The fourth-order valence-corrected chi connectivity index (χ4v) is 3.55. The number of sulfonamides is 1. The average Bonchev–Trinajstić information content (AvgIpc) is 3.04. The first-order valence-electron chi connectivity index (χ1n) is 8.49. The van der Waals surface area contributed by atoms with Crippen LogP contribution in [0.5, 0.6) is 0 Å². The highest BCUT2D eigenvalue weighted by Crippen LogP contribution is 2.26. The molecule has 0 aliphatic carbocycles. The van der Waals surface area contributed by atoms with Crippen LogP contribution < -0.4 is 4.72 Å². The third-order valence-corrected chi connectivity index (χ3v) is 5.25. The minimum absolute atomic E-state index is 0.227. The fraction of sp³-hybridized carbons (Fsp3) is 0.211. The van der Waals surface area contributed by atoms with E-state index >= 15 is 0 Å². The third kappa shape index (κ3) is 3.29. The summed E-state index contributed by atoms with van der Waals surface area (Å²) in [5.74, 6) is 0.624. The smallest absolute Gasteiger partial charge is 0.209 e. The van der Waals surface area contributed by atoms with Crippen molar-refractivity contribution in [1.82, 2.24) is 24.5 Å². The number of hydrogen-bond acceptors (Lipinski definition) is 5. The molecule has 2 aromatic heterocycles. The Balaban J connectivity index is 1.85. The fourth-order valence-electron chi connectivity index (χ4n) is 3.13. The highest BCUT2D eigenvalue weighted by atomic mass is 32.2. The van der Waals surface area contributed by atoms with Gasteiger partial charge in [0.15, 0.2) is 11.5 Å². The molecule has 0 atom stereocenters. The van der Waals surface area contributed by atoms with Crippen LogP contribution in [0.25, 0.3) is 27.8 Å². The molecule has 138 valence electrons. The normalized spacial score (nSPS) is 12.1. The van der Waals surface area contributed by atoms with Gasteiger partial charge in [0, 0.05) is 22.9 Å². The van der Waals surface area contributed by atoms with Crippen molar-refractivity contribution in [3.05, 3.63) is 59.3 Å². The summed E-state index contributed by atoms with van der Waals surface area (Å²) in [7, 11) is -3.27. The van der Waals surface area contributed by atoms with Crippen molar-refractivity contribution in [3.8, 4) is 11.4 Å². The summed E-state index contributed by atoms with van der Waals surface area (Å²) in [4.78, 5) is 0. The van der Waals surface area contributed by atoms with Gasteiger partial charge >= 0.3 is 0 Å². The number of nitrogens with zero attached hydrogens (tertiary/aromatic N) is 4. The molecule has 0 aliphatic rings. The summed E-state index contributed by atoms with van der Waals surface area (Å²) in [5, 5.41) is 15.4. The van der Waals surface area contributed by atoms with E-state index in [4.69, 9.17) is 0 Å². The van der Waals surface area contributed by atoms with Crippen molar-refractivity contribution in [1.29, 1.82) is 0 Å². The molecule has 0 fully saturated rings. The van der Waals surface area contributed by atoms with E-state index in [9.17, 15) is 8.42 Å². The molecule has 0 radical (unpaired) electrons. The van der Waals surface area contributed by atoms with E-state index < -0.39 is 10.0 Å². The molecule has 0 unspecified atom stereocenters. The summed E-state index contributed by atoms with van der Waals surface area (Å²) in [6.45, 7) is 4.13. The molecule has 0 saturated heterocycles. The number of hydrogen-bond donors (Lipinski definition) is 1. The van der Waals surface area contributed by atoms with Crippen LogP contribution in [-0.4, -0.2) is 34.5 Å². The number of nitrogens with one attached hydrogen (secondary N) is 1. The second kappa shape index (κ2) is 6.40. The molecule has 27 heavy (non-hydrogen) atoms. The number of aromatic nitrogens is 4. The number of fused-ring (bicyclic) bond motifs is 3. The van der Waals surface area contributed by atoms with Crippen molar-refractivity contribution >= 4 is 26.4 Å². The first-order chi connectivity index (χ1) is 12.8. The topological polar surface area (TPSA) is 89.2 Å². The van der Waals surface area contributed by atoms with E-state index in [0.29, 0.717) is 11.5 Å². The molecule has 2 heterocycles. The molecule has 0 amide bonds. The van der Waals surface area contributed by atoms with Gasteiger partial charge in [-0.25, -0.2) is 13.1 Å². The van der Waals surface area contributed by atoms with E-state index in [1.807, 2.05) is 56.3 Å². The Morgan fingerprint density at radius 2 is 1.78 bits per heavy atom. The van der Waals surface area contributed by atoms with Crippen molar-refractivity contribution < 1.29 is 8.42 Å². The van der Waals surface area contributed by atoms with Gasteiger partial charge in [-0.2, -0.15) is 9.61 Å². The average molecular weight is 381 g/mol. The lowest BCUT2D eigenvalue weighted by Gasteiger charge is -2.09. The summed E-state index contributed by atoms with van der Waals surface area (Å²) in [6, 6.07) is 13.8. The lowest BCUT2D eigenvalue weighted by molar-refractivity contribution is 0.587. The molecule has 0 saturated carbocycles. The Labute approximate surface area is 157 Å². The van der Waals surface area contributed by atoms with Crippen molar-refractivity contribution in [2.24, 2.45) is 0 Å². The highest BCUT2D eigenvalue weighted by molar-refractivity contribution is 7.88. The van der Waals surface area contributed by atoms with Crippen molar-refractivity contribution in [3.63, 3.8) is 0 Å². The summed E-state index contributed by atoms with van der Waals surface area (Å²) in [5.41, 5.74) is 4.30. The molecular weight excluding hydrogens is 362 g/mol. The van der Waals surface area contributed by atoms with Gasteiger partial charge in [-0.1, -0.05) is 36.4 Å². The summed E-state index contributed by atoms with van der Waals surface area (Å²) < 4.78 is 27.1. The third-order valence-electron chi connectivity index (χ3n) is 4.58. The standard InChI is InChI=1S/C19H19N5O2S/c1-12-8-9-14(10-15(12)11-20-27(3,25)26)18-21-22-19-17-7-5-4-6-16(17)13(2)23-24(18)19/h4-10,20H,11H2,1-3H3. The molecular formula is C19H19N5O2S. The molecule has 7 nitrogen and oxygen atoms in total. The molecule has 4 rings (SSSR count). The van der Waals surface area contributed by atoms with Crippen LogP contribution in [-0.2, 0) is 16.6 Å². The second-order valence-electron chi connectivity index (χ2n) is 6.62. The number of rotatable bonds is 4. The zero-order valence-corrected chi connectivity index (χ0v) is 16.1. The molecule has 8 heteroatoms. The van der Waals surface area contributed by atoms with Crippen LogP contribution in [0, 0.1) is 13.8 Å². The van der Waals surface area contributed by atoms with E-state index in [0.717, 1.165) is 39.4 Å². The monoisotopic (exact) mass is 381 g/mol. The Morgan fingerprint density at radius 1 is 1.04 bits per heavy atom. The van der Waals surface area contributed by atoms with Gasteiger partial charge < -0.3 is 0 Å². The van der Waals surface area contributed by atoms with E-state index in [2.05, 4.69) is 20.0 Å². The summed E-state index contributed by atoms with van der Waals surface area (Å²) in [6.07, 6.45) is 1.15. The van der Waals surface area contributed by atoms with Crippen LogP contribution in [0.1, 0.15) is 16.8 Å². The molecule has 0 bridgehead atoms. The van der Waals surface area contributed by atoms with Gasteiger partial charge in [-0.05, 0) is 31.0 Å². The van der Waals surface area contributed by atoms with E-state index in [-0.39, 0.29) is 6.54 Å². The van der Waals surface area contributed by atoms with Crippen LogP contribution in [0.4, 0.5) is 0 Å². The lowest BCUT2D eigenvalue weighted by Crippen LogP contribution is -2.21. The maximum absolute atomic E-state index is 11.4. The predicted octanol–water partition coefficient (Wildman–Crippen LogP) is 2.61. The first-order valence-corrected chi connectivity index (χ1v) is 10.4. The van der Waals surface area contributed by atoms with Crippen molar-refractivity contribution in [2.75, 3.05) is 6.26 Å². The maximum Gasteiger partial charge on any atom is 0.209 e. The van der Waals surface area contributed by atoms with Gasteiger partial charge in [0.2, 0.25) is 10.0 Å². The van der Waals surface area contributed by atoms with Crippen LogP contribution in [0.15, 0.2) is 42.5 Å². The molecule has 1 N–H and O–H groups in total. The first kappa shape index (κ1) is 17.6. The van der Waals surface area contributed by atoms with E-state index in [1.165, 1.54) is 0 Å². The van der Waals surface area contributed by atoms with Gasteiger partial charge in [0.25, 0.3) is 0 Å². The SMILES string of the molecule is Cc1ccc(-c2nnc3c4ccccc4c(C)nn23)cc1CNS(C)(=O)=O. The maximum atomic E-state index is 11.4. The van der Waals surface area contributed by atoms with Gasteiger partial charge in [-0.15, -0.1) is 10.2 Å². The van der Waals surface area contributed by atoms with Crippen LogP contribution in [0.3, 0.4) is 0 Å². The van der Waals surface area contributed by atoms with Gasteiger partial charge in [-0.3, -0.25) is 0 Å². The summed E-state index contributed by atoms with van der Waals surface area (Å²) >= 11 is 0. The largest absolute Gasteiger partial charge is 0.213 e. The zero-order valence-electron chi connectivity index (χ0n) is 15.3. The Kier molecular flexibility index (Phi) is 4.16. The Hall–Kier alpha value is -2.84. The minimum Gasteiger partial charge on any atom is -0.213 e.